The third-order valence-corrected chi connectivity index (χ3v) is 4.97. The van der Waals surface area contributed by atoms with E-state index in [2.05, 4.69) is 9.97 Å². The number of hydrogen-bond donors (Lipinski definition) is 1. The number of aromatic nitrogens is 4. The summed E-state index contributed by atoms with van der Waals surface area (Å²) in [6.07, 6.45) is 0. The molecule has 0 aliphatic rings. The van der Waals surface area contributed by atoms with E-state index in [4.69, 9.17) is 22.1 Å². The van der Waals surface area contributed by atoms with Crippen molar-refractivity contribution in [2.75, 3.05) is 6.61 Å². The molecule has 4 rings (SSSR count). The van der Waals surface area contributed by atoms with E-state index in [0.29, 0.717) is 28.6 Å². The van der Waals surface area contributed by atoms with Crippen LogP contribution in [0.15, 0.2) is 53.3 Å². The summed E-state index contributed by atoms with van der Waals surface area (Å²) in [5.74, 6) is 0.112. The number of imidazole rings is 1. The number of nitrogens with zero attached hydrogens (tertiary/aromatic N) is 4. The van der Waals surface area contributed by atoms with E-state index in [1.165, 1.54) is 9.13 Å². The zero-order chi connectivity index (χ0) is 21.4. The topological polar surface area (TPSA) is 105 Å². The molecule has 2 heterocycles. The Morgan fingerprint density at radius 2 is 1.83 bits per heavy atom. The van der Waals surface area contributed by atoms with E-state index >= 15 is 0 Å². The average molecular weight is 424 g/mol. The van der Waals surface area contributed by atoms with Crippen LogP contribution >= 0.6 is 11.6 Å². The van der Waals surface area contributed by atoms with E-state index in [0.717, 1.165) is 0 Å². The molecular weight excluding hydrogens is 406 g/mol. The number of fused-ring (bicyclic) bond motifs is 1. The van der Waals surface area contributed by atoms with Gasteiger partial charge in [-0.05, 0) is 43.3 Å². The molecule has 2 aromatic carbocycles. The Bertz CT molecular complexity index is 1330. The van der Waals surface area contributed by atoms with Crippen LogP contribution < -0.4 is 16.2 Å². The van der Waals surface area contributed by atoms with E-state index in [9.17, 15) is 9.59 Å². The molecule has 8 nitrogen and oxygen atoms in total. The summed E-state index contributed by atoms with van der Waals surface area (Å²) in [4.78, 5) is 34.1. The van der Waals surface area contributed by atoms with Gasteiger partial charge in [0.15, 0.2) is 17.2 Å². The fourth-order valence-electron chi connectivity index (χ4n) is 3.27. The van der Waals surface area contributed by atoms with Crippen LogP contribution in [0.25, 0.3) is 28.2 Å². The predicted molar refractivity (Wildman–Crippen MR) is 114 cm³/mol. The molecule has 152 valence electrons. The Balaban J connectivity index is 2.04. The Kier molecular flexibility index (Phi) is 5.01. The second kappa shape index (κ2) is 7.64. The Morgan fingerprint density at radius 1 is 1.13 bits per heavy atom. The third kappa shape index (κ3) is 3.21. The van der Waals surface area contributed by atoms with Gasteiger partial charge in [-0.1, -0.05) is 23.7 Å². The number of hydrogen-bond acceptors (Lipinski definition) is 5. The molecule has 0 radical (unpaired) electrons. The van der Waals surface area contributed by atoms with Gasteiger partial charge in [-0.3, -0.25) is 9.36 Å². The van der Waals surface area contributed by atoms with Crippen molar-refractivity contribution >= 4 is 28.7 Å². The van der Waals surface area contributed by atoms with Crippen molar-refractivity contribution in [1.29, 1.82) is 0 Å². The van der Waals surface area contributed by atoms with Crippen LogP contribution in [0.4, 0.5) is 0 Å². The summed E-state index contributed by atoms with van der Waals surface area (Å²) in [5, 5.41) is 0.415. The molecular formula is C21H18ClN5O3. The van der Waals surface area contributed by atoms with Crippen LogP contribution in [0.2, 0.25) is 5.02 Å². The lowest BCUT2D eigenvalue weighted by molar-refractivity contribution is 0.0997. The molecule has 0 atom stereocenters. The van der Waals surface area contributed by atoms with Crippen molar-refractivity contribution in [2.24, 2.45) is 12.8 Å². The molecule has 1 amide bonds. The van der Waals surface area contributed by atoms with Gasteiger partial charge in [0.25, 0.3) is 5.91 Å². The number of primary amides is 1. The van der Waals surface area contributed by atoms with Crippen molar-refractivity contribution in [3.05, 3.63) is 69.7 Å². The maximum absolute atomic E-state index is 13.0. The second-order valence-electron chi connectivity index (χ2n) is 6.52. The highest BCUT2D eigenvalue weighted by Gasteiger charge is 2.23. The van der Waals surface area contributed by atoms with Gasteiger partial charge in [0.1, 0.15) is 11.3 Å². The van der Waals surface area contributed by atoms with Gasteiger partial charge in [0.05, 0.1) is 17.3 Å². The van der Waals surface area contributed by atoms with Crippen molar-refractivity contribution < 1.29 is 9.53 Å². The lowest BCUT2D eigenvalue weighted by Crippen LogP contribution is -2.21. The van der Waals surface area contributed by atoms with Crippen molar-refractivity contribution in [3.8, 4) is 22.8 Å². The van der Waals surface area contributed by atoms with Gasteiger partial charge >= 0.3 is 5.69 Å². The molecule has 2 N–H and O–H groups in total. The van der Waals surface area contributed by atoms with Gasteiger partial charge in [-0.25, -0.2) is 19.3 Å². The molecule has 2 aromatic heterocycles. The molecule has 9 heteroatoms. The first kappa shape index (κ1) is 19.7. The first-order valence-electron chi connectivity index (χ1n) is 9.19. The van der Waals surface area contributed by atoms with E-state index in [1.54, 1.807) is 55.6 Å². The highest BCUT2D eigenvalue weighted by Crippen LogP contribution is 2.28. The Labute approximate surface area is 176 Å². The summed E-state index contributed by atoms with van der Waals surface area (Å²) in [5.41, 5.74) is 6.73. The standard InChI is InChI=1S/C21H18ClN5O3/c1-3-30-13-10-8-12(9-11-13)27-20-17(26(2)21(27)29)16(18(23)28)24-19(25-20)14-6-4-5-7-15(14)22/h4-11H,3H2,1-2H3,(H2,23,28). The second-order valence-corrected chi connectivity index (χ2v) is 6.92. The predicted octanol–water partition coefficient (Wildman–Crippen LogP) is 2.94. The Hall–Kier alpha value is -3.65. The quantitative estimate of drug-likeness (QED) is 0.531. The van der Waals surface area contributed by atoms with E-state index in [1.807, 2.05) is 6.92 Å². The molecule has 0 aliphatic heterocycles. The minimum absolute atomic E-state index is 0.0563. The zero-order valence-corrected chi connectivity index (χ0v) is 17.1. The highest BCUT2D eigenvalue weighted by molar-refractivity contribution is 6.33. The molecule has 0 bridgehead atoms. The molecule has 0 unspecified atom stereocenters. The summed E-state index contributed by atoms with van der Waals surface area (Å²) >= 11 is 6.30. The monoisotopic (exact) mass is 423 g/mol. The molecule has 0 saturated heterocycles. The SMILES string of the molecule is CCOc1ccc(-n2c(=O)n(C)c3c(C(N)=O)nc(-c4ccccc4Cl)nc32)cc1. The summed E-state index contributed by atoms with van der Waals surface area (Å²) in [6.45, 7) is 2.42. The zero-order valence-electron chi connectivity index (χ0n) is 16.3. The normalized spacial score (nSPS) is 11.0. The van der Waals surface area contributed by atoms with Crippen LogP contribution in [0, 0.1) is 0 Å². The third-order valence-electron chi connectivity index (χ3n) is 4.65. The number of carbonyl (C=O) groups is 1. The first-order valence-corrected chi connectivity index (χ1v) is 9.57. The van der Waals surface area contributed by atoms with Gasteiger partial charge in [0.2, 0.25) is 0 Å². The van der Waals surface area contributed by atoms with Crippen LogP contribution in [-0.4, -0.2) is 31.6 Å². The molecule has 0 spiro atoms. The maximum Gasteiger partial charge on any atom is 0.334 e. The fraction of sp³-hybridized carbons (Fsp3) is 0.143. The highest BCUT2D eigenvalue weighted by atomic mass is 35.5. The van der Waals surface area contributed by atoms with Crippen molar-refractivity contribution in [1.82, 2.24) is 19.1 Å². The van der Waals surface area contributed by atoms with Crippen LogP contribution in [-0.2, 0) is 7.05 Å². The number of aryl methyl sites for hydroxylation is 1. The molecule has 0 saturated carbocycles. The van der Waals surface area contributed by atoms with Crippen molar-refractivity contribution in [2.45, 2.75) is 6.92 Å². The maximum atomic E-state index is 13.0. The van der Waals surface area contributed by atoms with Crippen molar-refractivity contribution in [3.63, 3.8) is 0 Å². The molecule has 4 aromatic rings. The van der Waals surface area contributed by atoms with E-state index < -0.39 is 5.91 Å². The summed E-state index contributed by atoms with van der Waals surface area (Å²) < 4.78 is 8.18. The molecule has 30 heavy (non-hydrogen) atoms. The lowest BCUT2D eigenvalue weighted by atomic mass is 10.2. The fourth-order valence-corrected chi connectivity index (χ4v) is 3.49. The average Bonchev–Trinajstić information content (AvgIpc) is 2.99. The van der Waals surface area contributed by atoms with Crippen LogP contribution in [0.5, 0.6) is 5.75 Å². The lowest BCUT2D eigenvalue weighted by Gasteiger charge is -2.08. The smallest absolute Gasteiger partial charge is 0.334 e. The number of benzene rings is 2. The largest absolute Gasteiger partial charge is 0.494 e. The number of ether oxygens (including phenoxy) is 1. The van der Waals surface area contributed by atoms with E-state index in [-0.39, 0.29) is 28.4 Å². The number of nitrogens with two attached hydrogens (primary N) is 1. The summed E-state index contributed by atoms with van der Waals surface area (Å²) in [6, 6.07) is 14.0. The first-order chi connectivity index (χ1) is 14.4. The number of carbonyl (C=O) groups excluding carboxylic acids is 1. The molecule has 0 fully saturated rings. The van der Waals surface area contributed by atoms with Gasteiger partial charge in [0, 0.05) is 12.6 Å². The molecule has 0 aliphatic carbocycles. The summed E-state index contributed by atoms with van der Waals surface area (Å²) in [7, 11) is 1.54. The minimum Gasteiger partial charge on any atom is -0.494 e. The number of halogens is 1. The van der Waals surface area contributed by atoms with Crippen LogP contribution in [0.1, 0.15) is 17.4 Å². The van der Waals surface area contributed by atoms with Gasteiger partial charge in [-0.2, -0.15) is 0 Å². The van der Waals surface area contributed by atoms with Gasteiger partial charge < -0.3 is 10.5 Å². The van der Waals surface area contributed by atoms with Gasteiger partial charge in [-0.15, -0.1) is 0 Å². The number of amides is 1. The minimum atomic E-state index is -0.768. The Morgan fingerprint density at radius 3 is 2.47 bits per heavy atom. The van der Waals surface area contributed by atoms with Crippen LogP contribution in [0.3, 0.4) is 0 Å². The number of rotatable bonds is 5.